The van der Waals surface area contributed by atoms with Crippen molar-refractivity contribution in [2.45, 2.75) is 27.2 Å². The van der Waals surface area contributed by atoms with E-state index < -0.39 is 0 Å². The van der Waals surface area contributed by atoms with Gasteiger partial charge in [-0.05, 0) is 38.5 Å². The number of hydrazone groups is 1. The smallest absolute Gasteiger partial charge is 0.246 e. The molecular formula is C17H22N4OS. The van der Waals surface area contributed by atoms with Gasteiger partial charge >= 0.3 is 0 Å². The van der Waals surface area contributed by atoms with Crippen LogP contribution in [-0.4, -0.2) is 30.2 Å². The molecule has 1 aromatic heterocycles. The summed E-state index contributed by atoms with van der Waals surface area (Å²) in [6, 6.07) is 8.11. The Hall–Kier alpha value is -2.21. The summed E-state index contributed by atoms with van der Waals surface area (Å²) in [5.41, 5.74) is 5.45. The highest BCUT2D eigenvalue weighted by atomic mass is 32.1. The minimum absolute atomic E-state index is 0.161. The van der Waals surface area contributed by atoms with E-state index in [2.05, 4.69) is 46.4 Å². The van der Waals surface area contributed by atoms with Gasteiger partial charge in [0.2, 0.25) is 5.91 Å². The SMILES string of the molecule is CCN(CC)c1ccc(C=NNC(=O)Cc2csc(C)n2)cc1. The number of aromatic nitrogens is 1. The highest BCUT2D eigenvalue weighted by molar-refractivity contribution is 7.09. The predicted octanol–water partition coefficient (Wildman–Crippen LogP) is 2.99. The lowest BCUT2D eigenvalue weighted by atomic mass is 10.2. The minimum Gasteiger partial charge on any atom is -0.372 e. The molecule has 1 aromatic carbocycles. The zero-order valence-corrected chi connectivity index (χ0v) is 14.6. The third kappa shape index (κ3) is 5.17. The number of anilines is 1. The zero-order chi connectivity index (χ0) is 16.7. The van der Waals surface area contributed by atoms with Crippen LogP contribution >= 0.6 is 11.3 Å². The third-order valence-electron chi connectivity index (χ3n) is 3.43. The van der Waals surface area contributed by atoms with Crippen LogP contribution in [0.1, 0.15) is 30.1 Å². The second kappa shape index (κ2) is 8.43. The van der Waals surface area contributed by atoms with Gasteiger partial charge in [-0.1, -0.05) is 12.1 Å². The second-order valence-corrected chi connectivity index (χ2v) is 6.15. The first-order chi connectivity index (χ1) is 11.1. The molecule has 1 N–H and O–H groups in total. The number of thiazole rings is 1. The maximum Gasteiger partial charge on any atom is 0.246 e. The summed E-state index contributed by atoms with van der Waals surface area (Å²) in [4.78, 5) is 18.3. The van der Waals surface area contributed by atoms with Crippen LogP contribution in [0.15, 0.2) is 34.7 Å². The van der Waals surface area contributed by atoms with Gasteiger partial charge in [0, 0.05) is 24.2 Å². The molecule has 6 heteroatoms. The van der Waals surface area contributed by atoms with E-state index in [0.29, 0.717) is 0 Å². The summed E-state index contributed by atoms with van der Waals surface area (Å²) in [5, 5.41) is 6.85. The number of hydrogen-bond acceptors (Lipinski definition) is 5. The van der Waals surface area contributed by atoms with Crippen molar-refractivity contribution in [2.24, 2.45) is 5.10 Å². The fourth-order valence-electron chi connectivity index (χ4n) is 2.23. The lowest BCUT2D eigenvalue weighted by Crippen LogP contribution is -2.21. The van der Waals surface area contributed by atoms with Crippen LogP contribution in [0.5, 0.6) is 0 Å². The molecule has 0 saturated heterocycles. The molecule has 0 spiro atoms. The predicted molar refractivity (Wildman–Crippen MR) is 96.3 cm³/mol. The topological polar surface area (TPSA) is 57.6 Å². The molecule has 0 aliphatic heterocycles. The number of rotatable bonds is 7. The molecule has 1 amide bonds. The van der Waals surface area contributed by atoms with Crippen molar-refractivity contribution in [1.82, 2.24) is 10.4 Å². The van der Waals surface area contributed by atoms with Crippen molar-refractivity contribution in [3.63, 3.8) is 0 Å². The molecule has 23 heavy (non-hydrogen) atoms. The van der Waals surface area contributed by atoms with Gasteiger partial charge in [-0.2, -0.15) is 5.10 Å². The molecule has 0 fully saturated rings. The molecule has 0 aliphatic rings. The molecule has 0 atom stereocenters. The first-order valence-corrected chi connectivity index (χ1v) is 8.58. The fraction of sp³-hybridized carbons (Fsp3) is 0.353. The van der Waals surface area contributed by atoms with E-state index in [0.717, 1.165) is 29.4 Å². The highest BCUT2D eigenvalue weighted by Gasteiger charge is 2.05. The van der Waals surface area contributed by atoms with E-state index in [4.69, 9.17) is 0 Å². The number of hydrogen-bond donors (Lipinski definition) is 1. The first-order valence-electron chi connectivity index (χ1n) is 7.70. The summed E-state index contributed by atoms with van der Waals surface area (Å²) in [6.45, 7) is 8.16. The summed E-state index contributed by atoms with van der Waals surface area (Å²) in [5.74, 6) is -0.161. The average Bonchev–Trinajstić information content (AvgIpc) is 2.95. The minimum atomic E-state index is -0.161. The molecule has 0 bridgehead atoms. The Kier molecular flexibility index (Phi) is 6.29. The van der Waals surface area contributed by atoms with Crippen molar-refractivity contribution in [2.75, 3.05) is 18.0 Å². The van der Waals surface area contributed by atoms with E-state index in [9.17, 15) is 4.79 Å². The van der Waals surface area contributed by atoms with Crippen molar-refractivity contribution in [3.05, 3.63) is 45.9 Å². The van der Waals surface area contributed by atoms with Crippen LogP contribution in [0.4, 0.5) is 5.69 Å². The third-order valence-corrected chi connectivity index (χ3v) is 4.26. The maximum absolute atomic E-state index is 11.8. The van der Waals surface area contributed by atoms with Gasteiger partial charge < -0.3 is 4.90 Å². The summed E-state index contributed by atoms with van der Waals surface area (Å²) in [7, 11) is 0. The molecular weight excluding hydrogens is 308 g/mol. The van der Waals surface area contributed by atoms with Crippen LogP contribution < -0.4 is 10.3 Å². The number of carbonyl (C=O) groups is 1. The van der Waals surface area contributed by atoms with E-state index in [-0.39, 0.29) is 12.3 Å². The molecule has 122 valence electrons. The number of nitrogens with one attached hydrogen (secondary N) is 1. The Labute approximate surface area is 141 Å². The Morgan fingerprint density at radius 2 is 2.00 bits per heavy atom. The lowest BCUT2D eigenvalue weighted by Gasteiger charge is -2.20. The normalized spacial score (nSPS) is 10.9. The van der Waals surface area contributed by atoms with Crippen molar-refractivity contribution >= 4 is 29.1 Å². The molecule has 2 aromatic rings. The van der Waals surface area contributed by atoms with Gasteiger partial charge in [0.1, 0.15) is 0 Å². The van der Waals surface area contributed by atoms with Gasteiger partial charge in [0.15, 0.2) is 0 Å². The van der Waals surface area contributed by atoms with E-state index in [1.807, 2.05) is 24.4 Å². The molecule has 0 saturated carbocycles. The Morgan fingerprint density at radius 1 is 1.30 bits per heavy atom. The summed E-state index contributed by atoms with van der Waals surface area (Å²) < 4.78 is 0. The second-order valence-electron chi connectivity index (χ2n) is 5.09. The van der Waals surface area contributed by atoms with Gasteiger partial charge in [0.05, 0.1) is 23.3 Å². The van der Waals surface area contributed by atoms with Crippen LogP contribution in [-0.2, 0) is 11.2 Å². The largest absolute Gasteiger partial charge is 0.372 e. The van der Waals surface area contributed by atoms with Gasteiger partial charge in [-0.15, -0.1) is 11.3 Å². The average molecular weight is 330 g/mol. The van der Waals surface area contributed by atoms with Crippen LogP contribution in [0.25, 0.3) is 0 Å². The standard InChI is InChI=1S/C17H22N4OS/c1-4-21(5-2)16-8-6-14(7-9-16)11-18-20-17(22)10-15-12-23-13(3)19-15/h6-9,11-12H,4-5,10H2,1-3H3,(H,20,22). The Morgan fingerprint density at radius 3 is 2.57 bits per heavy atom. The van der Waals surface area contributed by atoms with E-state index >= 15 is 0 Å². The van der Waals surface area contributed by atoms with Crippen molar-refractivity contribution in [3.8, 4) is 0 Å². The monoisotopic (exact) mass is 330 g/mol. The quantitative estimate of drug-likeness (QED) is 0.627. The summed E-state index contributed by atoms with van der Waals surface area (Å²) >= 11 is 1.54. The number of aryl methyl sites for hydroxylation is 1. The highest BCUT2D eigenvalue weighted by Crippen LogP contribution is 2.14. The van der Waals surface area contributed by atoms with E-state index in [1.54, 1.807) is 17.6 Å². The molecule has 1 heterocycles. The molecule has 0 aliphatic carbocycles. The first kappa shape index (κ1) is 17.1. The lowest BCUT2D eigenvalue weighted by molar-refractivity contribution is -0.120. The van der Waals surface area contributed by atoms with Crippen molar-refractivity contribution < 1.29 is 4.79 Å². The van der Waals surface area contributed by atoms with Gasteiger partial charge in [-0.3, -0.25) is 4.79 Å². The number of benzene rings is 1. The molecule has 0 unspecified atom stereocenters. The molecule has 0 radical (unpaired) electrons. The van der Waals surface area contributed by atoms with E-state index in [1.165, 1.54) is 5.69 Å². The Balaban J connectivity index is 1.86. The maximum atomic E-state index is 11.8. The zero-order valence-electron chi connectivity index (χ0n) is 13.7. The summed E-state index contributed by atoms with van der Waals surface area (Å²) in [6.07, 6.45) is 1.90. The Bertz CT molecular complexity index is 659. The van der Waals surface area contributed by atoms with Crippen molar-refractivity contribution in [1.29, 1.82) is 0 Å². The van der Waals surface area contributed by atoms with Crippen LogP contribution in [0, 0.1) is 6.92 Å². The van der Waals surface area contributed by atoms with Crippen LogP contribution in [0.2, 0.25) is 0 Å². The number of amides is 1. The number of nitrogens with zero attached hydrogens (tertiary/aromatic N) is 3. The molecule has 5 nitrogen and oxygen atoms in total. The van der Waals surface area contributed by atoms with Gasteiger partial charge in [0.25, 0.3) is 0 Å². The van der Waals surface area contributed by atoms with Crippen LogP contribution in [0.3, 0.4) is 0 Å². The number of carbonyl (C=O) groups excluding carboxylic acids is 1. The molecule has 2 rings (SSSR count). The fourth-order valence-corrected chi connectivity index (χ4v) is 2.84. The van der Waals surface area contributed by atoms with Gasteiger partial charge in [-0.25, -0.2) is 10.4 Å².